The van der Waals surface area contributed by atoms with Gasteiger partial charge in [0.1, 0.15) is 18.2 Å². The number of esters is 1. The molecule has 0 saturated heterocycles. The first kappa shape index (κ1) is 18.0. The summed E-state index contributed by atoms with van der Waals surface area (Å²) in [6, 6.07) is 12.2. The number of hydrogen-bond acceptors (Lipinski definition) is 4. The Morgan fingerprint density at radius 1 is 1.12 bits per heavy atom. The average Bonchev–Trinajstić information content (AvgIpc) is 2.54. The van der Waals surface area contributed by atoms with E-state index in [0.717, 1.165) is 23.8 Å². The zero-order chi connectivity index (χ0) is 17.4. The minimum Gasteiger partial charge on any atom is -0.464 e. The fourth-order valence-electron chi connectivity index (χ4n) is 2.17. The lowest BCUT2D eigenvalue weighted by Gasteiger charge is -2.12. The number of nitrogens with one attached hydrogen (secondary N) is 1. The molecule has 0 aliphatic carbocycles. The maximum Gasteiger partial charge on any atom is 0.310 e. The molecule has 0 saturated carbocycles. The van der Waals surface area contributed by atoms with Crippen LogP contribution in [0.4, 0.5) is 8.78 Å². The van der Waals surface area contributed by atoms with Crippen molar-refractivity contribution in [1.29, 1.82) is 0 Å². The molecule has 128 valence electrons. The number of rotatable bonds is 8. The minimum atomic E-state index is -1.05. The Bertz CT molecular complexity index is 644. The quantitative estimate of drug-likeness (QED) is 0.574. The first-order chi connectivity index (χ1) is 11.5. The Labute approximate surface area is 139 Å². The SMILES string of the molecule is O=C(Cc1ccccc1)OCCNCC(O)c1cc(F)cc(F)c1. The van der Waals surface area contributed by atoms with Gasteiger partial charge in [0, 0.05) is 19.2 Å². The summed E-state index contributed by atoms with van der Waals surface area (Å²) in [6.45, 7) is 0.574. The molecule has 0 aliphatic heterocycles. The van der Waals surface area contributed by atoms with Gasteiger partial charge in [0.05, 0.1) is 12.5 Å². The second kappa shape index (κ2) is 9.10. The van der Waals surface area contributed by atoms with E-state index in [-0.39, 0.29) is 31.1 Å². The van der Waals surface area contributed by atoms with Gasteiger partial charge in [-0.15, -0.1) is 0 Å². The summed E-state index contributed by atoms with van der Waals surface area (Å²) in [6.07, 6.45) is -0.846. The zero-order valence-corrected chi connectivity index (χ0v) is 13.0. The van der Waals surface area contributed by atoms with E-state index < -0.39 is 17.7 Å². The first-order valence-electron chi connectivity index (χ1n) is 7.59. The first-order valence-corrected chi connectivity index (χ1v) is 7.59. The van der Waals surface area contributed by atoms with Crippen molar-refractivity contribution >= 4 is 5.97 Å². The van der Waals surface area contributed by atoms with Gasteiger partial charge in [0.2, 0.25) is 0 Å². The van der Waals surface area contributed by atoms with Gasteiger partial charge in [-0.25, -0.2) is 8.78 Å². The lowest BCUT2D eigenvalue weighted by molar-refractivity contribution is -0.142. The summed E-state index contributed by atoms with van der Waals surface area (Å²) in [7, 11) is 0. The monoisotopic (exact) mass is 335 g/mol. The van der Waals surface area contributed by atoms with E-state index in [1.165, 1.54) is 0 Å². The molecule has 2 N–H and O–H groups in total. The van der Waals surface area contributed by atoms with Crippen LogP contribution in [-0.4, -0.2) is 30.8 Å². The van der Waals surface area contributed by atoms with Crippen LogP contribution in [-0.2, 0) is 16.0 Å². The Balaban J connectivity index is 1.64. The highest BCUT2D eigenvalue weighted by molar-refractivity contribution is 5.72. The molecule has 1 atom stereocenters. The van der Waals surface area contributed by atoms with Gasteiger partial charge in [0.25, 0.3) is 0 Å². The highest BCUT2D eigenvalue weighted by atomic mass is 19.1. The van der Waals surface area contributed by atoms with Gasteiger partial charge in [-0.3, -0.25) is 4.79 Å². The largest absolute Gasteiger partial charge is 0.464 e. The molecule has 0 aromatic heterocycles. The van der Waals surface area contributed by atoms with Gasteiger partial charge >= 0.3 is 5.97 Å². The van der Waals surface area contributed by atoms with Gasteiger partial charge in [0.15, 0.2) is 0 Å². The van der Waals surface area contributed by atoms with Gasteiger partial charge in [-0.1, -0.05) is 30.3 Å². The summed E-state index contributed by atoms with van der Waals surface area (Å²) >= 11 is 0. The summed E-state index contributed by atoms with van der Waals surface area (Å²) in [5, 5.41) is 12.7. The maximum absolute atomic E-state index is 13.1. The number of hydrogen-bond donors (Lipinski definition) is 2. The van der Waals surface area contributed by atoms with Crippen LogP contribution in [0, 0.1) is 11.6 Å². The molecule has 0 fully saturated rings. The molecule has 0 heterocycles. The normalized spacial score (nSPS) is 12.0. The topological polar surface area (TPSA) is 58.6 Å². The lowest BCUT2D eigenvalue weighted by atomic mass is 10.1. The number of benzene rings is 2. The summed E-state index contributed by atoms with van der Waals surface area (Å²) in [5.74, 6) is -1.81. The van der Waals surface area contributed by atoms with Crippen LogP contribution in [0.25, 0.3) is 0 Å². The molecule has 4 nitrogen and oxygen atoms in total. The minimum absolute atomic E-state index is 0.0964. The van der Waals surface area contributed by atoms with Crippen molar-refractivity contribution in [2.75, 3.05) is 19.7 Å². The third-order valence-electron chi connectivity index (χ3n) is 3.34. The van der Waals surface area contributed by atoms with E-state index in [1.807, 2.05) is 30.3 Å². The Hall–Kier alpha value is -2.31. The third-order valence-corrected chi connectivity index (χ3v) is 3.34. The van der Waals surface area contributed by atoms with E-state index in [1.54, 1.807) is 0 Å². The smallest absolute Gasteiger partial charge is 0.310 e. The van der Waals surface area contributed by atoms with Crippen LogP contribution in [0.1, 0.15) is 17.2 Å². The van der Waals surface area contributed by atoms with Crippen molar-refractivity contribution < 1.29 is 23.4 Å². The predicted molar refractivity (Wildman–Crippen MR) is 85.3 cm³/mol. The molecule has 2 aromatic carbocycles. The van der Waals surface area contributed by atoms with Crippen LogP contribution < -0.4 is 5.32 Å². The van der Waals surface area contributed by atoms with Crippen molar-refractivity contribution in [3.8, 4) is 0 Å². The zero-order valence-electron chi connectivity index (χ0n) is 13.0. The van der Waals surface area contributed by atoms with Crippen LogP contribution >= 0.6 is 0 Å². The maximum atomic E-state index is 13.1. The molecule has 1 unspecified atom stereocenters. The van der Waals surface area contributed by atoms with E-state index >= 15 is 0 Å². The van der Waals surface area contributed by atoms with Crippen LogP contribution in [0.5, 0.6) is 0 Å². The standard InChI is InChI=1S/C18H19F2NO3/c19-15-9-14(10-16(20)11-15)17(22)12-21-6-7-24-18(23)8-13-4-2-1-3-5-13/h1-5,9-11,17,21-22H,6-8,12H2. The number of carbonyl (C=O) groups excluding carboxylic acids is 1. The van der Waals surface area contributed by atoms with Crippen LogP contribution in [0.3, 0.4) is 0 Å². The second-order valence-electron chi connectivity index (χ2n) is 5.31. The molecule has 0 amide bonds. The van der Waals surface area contributed by atoms with Crippen molar-refractivity contribution in [1.82, 2.24) is 5.32 Å². The number of carbonyl (C=O) groups is 1. The predicted octanol–water partition coefficient (Wildman–Crippen LogP) is 2.37. The van der Waals surface area contributed by atoms with Gasteiger partial charge in [-0.05, 0) is 23.3 Å². The van der Waals surface area contributed by atoms with Gasteiger partial charge < -0.3 is 15.2 Å². The molecule has 2 rings (SSSR count). The van der Waals surface area contributed by atoms with Crippen molar-refractivity contribution in [3.05, 3.63) is 71.3 Å². The molecule has 0 spiro atoms. The lowest BCUT2D eigenvalue weighted by Crippen LogP contribution is -2.26. The molecule has 24 heavy (non-hydrogen) atoms. The van der Waals surface area contributed by atoms with Crippen molar-refractivity contribution in [2.24, 2.45) is 0 Å². The molecule has 0 bridgehead atoms. The van der Waals surface area contributed by atoms with E-state index in [9.17, 15) is 18.7 Å². The average molecular weight is 335 g/mol. The fourth-order valence-corrected chi connectivity index (χ4v) is 2.17. The summed E-state index contributed by atoms with van der Waals surface area (Å²) < 4.78 is 31.2. The highest BCUT2D eigenvalue weighted by Crippen LogP contribution is 2.15. The molecule has 0 radical (unpaired) electrons. The van der Waals surface area contributed by atoms with E-state index in [0.29, 0.717) is 6.54 Å². The molecular weight excluding hydrogens is 316 g/mol. The highest BCUT2D eigenvalue weighted by Gasteiger charge is 2.10. The van der Waals surface area contributed by atoms with Crippen LogP contribution in [0.15, 0.2) is 48.5 Å². The number of aliphatic hydroxyl groups is 1. The molecular formula is C18H19F2NO3. The molecule has 2 aromatic rings. The molecule has 6 heteroatoms. The van der Waals surface area contributed by atoms with Crippen molar-refractivity contribution in [3.63, 3.8) is 0 Å². The second-order valence-corrected chi connectivity index (χ2v) is 5.31. The number of halogens is 2. The number of ether oxygens (including phenoxy) is 1. The third kappa shape index (κ3) is 6.06. The van der Waals surface area contributed by atoms with Crippen LogP contribution in [0.2, 0.25) is 0 Å². The Morgan fingerprint density at radius 3 is 2.46 bits per heavy atom. The van der Waals surface area contributed by atoms with E-state index in [2.05, 4.69) is 5.32 Å². The van der Waals surface area contributed by atoms with Crippen molar-refractivity contribution in [2.45, 2.75) is 12.5 Å². The van der Waals surface area contributed by atoms with E-state index in [4.69, 9.17) is 4.74 Å². The van der Waals surface area contributed by atoms with Gasteiger partial charge in [-0.2, -0.15) is 0 Å². The Kier molecular flexibility index (Phi) is 6.84. The number of aliphatic hydroxyl groups excluding tert-OH is 1. The molecule has 0 aliphatic rings. The summed E-state index contributed by atoms with van der Waals surface area (Å²) in [5.41, 5.74) is 1.03. The summed E-state index contributed by atoms with van der Waals surface area (Å²) in [4.78, 5) is 11.6. The Morgan fingerprint density at radius 2 is 1.79 bits per heavy atom. The fraction of sp³-hybridized carbons (Fsp3) is 0.278.